The molecule has 2 heterocycles. The van der Waals surface area contributed by atoms with Gasteiger partial charge in [0.1, 0.15) is 17.2 Å². The monoisotopic (exact) mass is 312 g/mol. The van der Waals surface area contributed by atoms with E-state index in [1.54, 1.807) is 6.07 Å². The highest BCUT2D eigenvalue weighted by Crippen LogP contribution is 2.20. The number of carbonyl (C=O) groups is 1. The predicted octanol–water partition coefficient (Wildman–Crippen LogP) is 2.94. The van der Waals surface area contributed by atoms with Crippen molar-refractivity contribution in [2.24, 2.45) is 0 Å². The second-order valence-corrected chi connectivity index (χ2v) is 4.40. The lowest BCUT2D eigenvalue weighted by molar-refractivity contribution is -0.385. The Bertz CT molecular complexity index is 693. The minimum absolute atomic E-state index is 0.123. The summed E-state index contributed by atoms with van der Waals surface area (Å²) in [5.74, 6) is -0.467. The van der Waals surface area contributed by atoms with Gasteiger partial charge in [-0.15, -0.1) is 0 Å². The summed E-state index contributed by atoms with van der Waals surface area (Å²) >= 11 is 11.5. The number of nitrogens with one attached hydrogen (secondary N) is 1. The van der Waals surface area contributed by atoms with Gasteiger partial charge in [-0.1, -0.05) is 23.2 Å². The molecule has 0 unspecified atom stereocenters. The summed E-state index contributed by atoms with van der Waals surface area (Å²) in [5, 5.41) is 13.3. The van der Waals surface area contributed by atoms with E-state index in [2.05, 4.69) is 15.3 Å². The number of amides is 1. The van der Waals surface area contributed by atoms with Crippen molar-refractivity contribution in [3.63, 3.8) is 0 Å². The molecule has 102 valence electrons. The Balaban J connectivity index is 2.29. The van der Waals surface area contributed by atoms with Crippen molar-refractivity contribution in [3.05, 3.63) is 56.4 Å². The van der Waals surface area contributed by atoms with Gasteiger partial charge >= 0.3 is 0 Å². The fourth-order valence-corrected chi connectivity index (χ4v) is 1.70. The van der Waals surface area contributed by atoms with Gasteiger partial charge in [-0.3, -0.25) is 14.9 Å². The zero-order chi connectivity index (χ0) is 14.7. The summed E-state index contributed by atoms with van der Waals surface area (Å²) < 4.78 is 0. The minimum atomic E-state index is -0.669. The van der Waals surface area contributed by atoms with Crippen molar-refractivity contribution in [3.8, 4) is 0 Å². The van der Waals surface area contributed by atoms with Crippen molar-refractivity contribution in [1.29, 1.82) is 0 Å². The fraction of sp³-hybridized carbons (Fsp3) is 0. The summed E-state index contributed by atoms with van der Waals surface area (Å²) in [6.45, 7) is 0. The maximum atomic E-state index is 12.0. The molecule has 2 aromatic heterocycles. The Labute approximate surface area is 122 Å². The van der Waals surface area contributed by atoms with Crippen LogP contribution >= 0.6 is 23.2 Å². The third-order valence-electron chi connectivity index (χ3n) is 2.24. The van der Waals surface area contributed by atoms with Crippen LogP contribution < -0.4 is 5.32 Å². The van der Waals surface area contributed by atoms with Gasteiger partial charge in [0.2, 0.25) is 0 Å². The molecule has 2 aromatic rings. The number of pyridine rings is 2. The maximum Gasteiger partial charge on any atom is 0.288 e. The quantitative estimate of drug-likeness (QED) is 0.533. The van der Waals surface area contributed by atoms with E-state index in [1.165, 1.54) is 12.3 Å². The molecule has 9 heteroatoms. The Morgan fingerprint density at radius 3 is 2.70 bits per heavy atom. The molecule has 0 saturated carbocycles. The predicted molar refractivity (Wildman–Crippen MR) is 73.1 cm³/mol. The first-order valence-corrected chi connectivity index (χ1v) is 5.96. The summed E-state index contributed by atoms with van der Waals surface area (Å²) in [4.78, 5) is 29.4. The molecule has 0 spiro atoms. The highest BCUT2D eigenvalue weighted by Gasteiger charge is 2.17. The van der Waals surface area contributed by atoms with Crippen molar-refractivity contribution in [2.75, 3.05) is 5.32 Å². The number of halogens is 2. The van der Waals surface area contributed by atoms with Crippen molar-refractivity contribution >= 4 is 40.6 Å². The Hall–Kier alpha value is -2.25. The van der Waals surface area contributed by atoms with Crippen LogP contribution in [0.5, 0.6) is 0 Å². The number of aromatic nitrogens is 2. The second kappa shape index (κ2) is 5.81. The van der Waals surface area contributed by atoms with Crippen LogP contribution in [-0.2, 0) is 0 Å². The largest absolute Gasteiger partial charge is 0.306 e. The molecule has 7 nitrogen and oxygen atoms in total. The molecule has 0 aromatic carbocycles. The van der Waals surface area contributed by atoms with Crippen LogP contribution in [-0.4, -0.2) is 20.8 Å². The average molecular weight is 313 g/mol. The standard InChI is InChI=1S/C11H6Cl2N4O3/c12-6-1-2-14-9(3-6)16-11(18)8-4-7(17(19)20)5-15-10(8)13/h1-5H,(H,14,16,18). The van der Waals surface area contributed by atoms with Crippen LogP contribution in [0.25, 0.3) is 0 Å². The van der Waals surface area contributed by atoms with Gasteiger partial charge in [-0.25, -0.2) is 9.97 Å². The lowest BCUT2D eigenvalue weighted by atomic mass is 10.2. The van der Waals surface area contributed by atoms with E-state index in [1.807, 2.05) is 0 Å². The molecule has 1 N–H and O–H groups in total. The lowest BCUT2D eigenvalue weighted by Gasteiger charge is -2.05. The highest BCUT2D eigenvalue weighted by molar-refractivity contribution is 6.33. The van der Waals surface area contributed by atoms with E-state index in [0.717, 1.165) is 12.3 Å². The molecule has 0 fully saturated rings. The number of hydrogen-bond donors (Lipinski definition) is 1. The first kappa shape index (κ1) is 14.2. The average Bonchev–Trinajstić information content (AvgIpc) is 2.38. The van der Waals surface area contributed by atoms with Crippen LogP contribution in [0.2, 0.25) is 10.2 Å². The van der Waals surface area contributed by atoms with E-state index in [9.17, 15) is 14.9 Å². The number of nitrogens with zero attached hydrogens (tertiary/aromatic N) is 3. The first-order valence-electron chi connectivity index (χ1n) is 5.20. The summed E-state index contributed by atoms with van der Waals surface area (Å²) in [7, 11) is 0. The molecular weight excluding hydrogens is 307 g/mol. The number of hydrogen-bond acceptors (Lipinski definition) is 5. The van der Waals surface area contributed by atoms with Crippen LogP contribution in [0, 0.1) is 10.1 Å². The van der Waals surface area contributed by atoms with Gasteiger partial charge in [0, 0.05) is 17.3 Å². The van der Waals surface area contributed by atoms with Gasteiger partial charge in [0.05, 0.1) is 10.5 Å². The number of nitro groups is 1. The van der Waals surface area contributed by atoms with Gasteiger partial charge in [0.25, 0.3) is 11.6 Å². The van der Waals surface area contributed by atoms with Crippen LogP contribution in [0.3, 0.4) is 0 Å². The Morgan fingerprint density at radius 2 is 2.05 bits per heavy atom. The van der Waals surface area contributed by atoms with E-state index < -0.39 is 10.8 Å². The second-order valence-electron chi connectivity index (χ2n) is 3.60. The summed E-state index contributed by atoms with van der Waals surface area (Å²) in [6.07, 6.45) is 2.38. The van der Waals surface area contributed by atoms with Gasteiger partial charge < -0.3 is 5.32 Å². The number of rotatable bonds is 3. The molecule has 0 bridgehead atoms. The van der Waals surface area contributed by atoms with Crippen LogP contribution in [0.4, 0.5) is 11.5 Å². The maximum absolute atomic E-state index is 12.0. The third-order valence-corrected chi connectivity index (χ3v) is 2.78. The van der Waals surface area contributed by atoms with E-state index in [-0.39, 0.29) is 22.2 Å². The third kappa shape index (κ3) is 3.19. The minimum Gasteiger partial charge on any atom is -0.306 e. The molecule has 0 aliphatic carbocycles. The molecule has 0 atom stereocenters. The molecule has 20 heavy (non-hydrogen) atoms. The fourth-order valence-electron chi connectivity index (χ4n) is 1.35. The molecule has 0 aliphatic rings. The Kier molecular flexibility index (Phi) is 4.11. The smallest absolute Gasteiger partial charge is 0.288 e. The topological polar surface area (TPSA) is 98.0 Å². The summed E-state index contributed by atoms with van der Waals surface area (Å²) in [5.41, 5.74) is -0.457. The first-order chi connectivity index (χ1) is 9.47. The normalized spacial score (nSPS) is 10.1. The van der Waals surface area contributed by atoms with E-state index in [4.69, 9.17) is 23.2 Å². The molecule has 0 radical (unpaired) electrons. The van der Waals surface area contributed by atoms with Crippen molar-refractivity contribution < 1.29 is 9.72 Å². The van der Waals surface area contributed by atoms with Crippen LogP contribution in [0.15, 0.2) is 30.6 Å². The molecule has 2 rings (SSSR count). The van der Waals surface area contributed by atoms with E-state index in [0.29, 0.717) is 5.02 Å². The van der Waals surface area contributed by atoms with Gasteiger partial charge in [0.15, 0.2) is 0 Å². The van der Waals surface area contributed by atoms with Crippen molar-refractivity contribution in [2.45, 2.75) is 0 Å². The number of anilines is 1. The van der Waals surface area contributed by atoms with Crippen LogP contribution in [0.1, 0.15) is 10.4 Å². The van der Waals surface area contributed by atoms with Crippen molar-refractivity contribution in [1.82, 2.24) is 9.97 Å². The molecule has 0 saturated heterocycles. The zero-order valence-electron chi connectivity index (χ0n) is 9.71. The molecular formula is C11H6Cl2N4O3. The SMILES string of the molecule is O=C(Nc1cc(Cl)ccn1)c1cc([N+](=O)[O-])cnc1Cl. The highest BCUT2D eigenvalue weighted by atomic mass is 35.5. The summed E-state index contributed by atoms with van der Waals surface area (Å²) in [6, 6.07) is 4.01. The molecule has 0 aliphatic heterocycles. The van der Waals surface area contributed by atoms with Gasteiger partial charge in [-0.05, 0) is 12.1 Å². The lowest BCUT2D eigenvalue weighted by Crippen LogP contribution is -2.14. The Morgan fingerprint density at radius 1 is 1.30 bits per heavy atom. The van der Waals surface area contributed by atoms with Gasteiger partial charge in [-0.2, -0.15) is 0 Å². The number of carbonyl (C=O) groups excluding carboxylic acids is 1. The van der Waals surface area contributed by atoms with E-state index >= 15 is 0 Å². The zero-order valence-corrected chi connectivity index (χ0v) is 11.2. The molecule has 1 amide bonds.